The number of aliphatic carboxylic acids is 3. The SMILES string of the molecule is CC(=O)C(CCC(=O)NCC(COC(C)(CO)CO)COC(C)(CO)CO)N1CCN(C(CCC(=O)NCC(COC(C)(CO)CO)COC(C)(CO)CO)C(=O)O)CCN(C(CCC(=O)NCC(COC(C)(CO)CO)COC(C)(CO)CO)C(=O)O)CCN(C(CCC(=O)NCC(COC(C)(CO)CO)COC(C)(CO)CO)C(=O)O)CC1. The van der Waals surface area contributed by atoms with E-state index in [2.05, 4.69) is 21.3 Å². The van der Waals surface area contributed by atoms with Crippen molar-refractivity contribution in [2.24, 2.45) is 23.7 Å². The summed E-state index contributed by atoms with van der Waals surface area (Å²) in [6.45, 7) is -2.56. The van der Waals surface area contributed by atoms with Crippen LogP contribution in [0.4, 0.5) is 0 Å². The molecule has 1 aliphatic heterocycles. The molecular weight excluding hydrogens is 1600 g/mol. The first kappa shape index (κ1) is 113. The smallest absolute Gasteiger partial charge is 0.320 e. The fourth-order valence-corrected chi connectivity index (χ4v) is 11.6. The summed E-state index contributed by atoms with van der Waals surface area (Å²) < 4.78 is 46.5. The lowest BCUT2D eigenvalue weighted by molar-refractivity contribution is -0.147. The molecule has 0 aromatic rings. The highest BCUT2D eigenvalue weighted by molar-refractivity contribution is 5.83. The second-order valence-electron chi connectivity index (χ2n) is 33.3. The van der Waals surface area contributed by atoms with Gasteiger partial charge in [-0.1, -0.05) is 0 Å². The fraction of sp³-hybridized carbons (Fsp3) is 0.896. The highest BCUT2D eigenvalue weighted by Crippen LogP contribution is 2.24. The molecule has 704 valence electrons. The number of ether oxygens (including phenoxy) is 8. The van der Waals surface area contributed by atoms with Crippen LogP contribution >= 0.6 is 0 Å². The Morgan fingerprint density at radius 1 is 0.258 bits per heavy atom. The summed E-state index contributed by atoms with van der Waals surface area (Å²) in [5.74, 6) is -10.8. The summed E-state index contributed by atoms with van der Waals surface area (Å²) in [5, 5.41) is 204. The second-order valence-corrected chi connectivity index (χ2v) is 33.3. The van der Waals surface area contributed by atoms with E-state index in [1.807, 2.05) is 0 Å². The number of carboxylic acids is 3. The molecule has 43 heteroatoms. The number of nitrogens with zero attached hydrogens (tertiary/aromatic N) is 4. The van der Waals surface area contributed by atoms with Crippen LogP contribution in [0, 0.1) is 23.7 Å². The van der Waals surface area contributed by atoms with Crippen molar-refractivity contribution in [3.8, 4) is 0 Å². The fourth-order valence-electron chi connectivity index (χ4n) is 11.6. The molecule has 0 aromatic carbocycles. The van der Waals surface area contributed by atoms with Crippen LogP contribution in [0.3, 0.4) is 0 Å². The molecule has 0 aromatic heterocycles. The summed E-state index contributed by atoms with van der Waals surface area (Å²) >= 11 is 0. The Hall–Kier alpha value is -5.16. The van der Waals surface area contributed by atoms with Crippen LogP contribution < -0.4 is 21.3 Å². The first-order valence-electron chi connectivity index (χ1n) is 40.5. The number of aliphatic hydroxyl groups is 16. The van der Waals surface area contributed by atoms with Crippen LogP contribution in [0.1, 0.15) is 114 Å². The number of rotatable bonds is 68. The topological polar surface area (TPSA) is 656 Å². The van der Waals surface area contributed by atoms with Crippen LogP contribution in [0.15, 0.2) is 0 Å². The molecule has 0 saturated carbocycles. The summed E-state index contributed by atoms with van der Waals surface area (Å²) in [7, 11) is 0. The number of aliphatic hydroxyl groups excluding tert-OH is 16. The van der Waals surface area contributed by atoms with Gasteiger partial charge in [0.25, 0.3) is 0 Å². The van der Waals surface area contributed by atoms with E-state index in [0.717, 1.165) is 0 Å². The monoisotopic (exact) mass is 1740 g/mol. The van der Waals surface area contributed by atoms with Crippen LogP contribution in [0.25, 0.3) is 0 Å². The maximum Gasteiger partial charge on any atom is 0.320 e. The number of ketones is 1. The number of Topliss-reactive ketones (excluding diaryl/α,β-unsaturated/α-hetero) is 1. The van der Waals surface area contributed by atoms with Gasteiger partial charge in [-0.2, -0.15) is 0 Å². The summed E-state index contributed by atoms with van der Waals surface area (Å²) in [6.07, 6.45) is -3.44. The average molecular weight is 1740 g/mol. The molecule has 0 aliphatic carbocycles. The molecule has 1 saturated heterocycles. The van der Waals surface area contributed by atoms with Crippen molar-refractivity contribution in [2.45, 2.75) is 183 Å². The number of amides is 4. The Morgan fingerprint density at radius 3 is 0.517 bits per heavy atom. The molecule has 23 N–H and O–H groups in total. The van der Waals surface area contributed by atoms with Crippen molar-refractivity contribution < 1.29 is 173 Å². The van der Waals surface area contributed by atoms with E-state index in [9.17, 15) is 135 Å². The molecule has 120 heavy (non-hydrogen) atoms. The number of hydrogen-bond donors (Lipinski definition) is 23. The number of hydrogen-bond acceptors (Lipinski definition) is 36. The van der Waals surface area contributed by atoms with Crippen molar-refractivity contribution >= 4 is 47.3 Å². The number of nitrogens with one attached hydrogen (secondary N) is 4. The predicted octanol–water partition coefficient (Wildman–Crippen LogP) is -8.35. The average Bonchev–Trinajstić information content (AvgIpc) is 0.833. The van der Waals surface area contributed by atoms with E-state index in [4.69, 9.17) is 37.9 Å². The number of carboxylic acid groups (broad SMARTS) is 3. The normalized spacial score (nSPS) is 16.0. The third kappa shape index (κ3) is 42.2. The highest BCUT2D eigenvalue weighted by atomic mass is 16.6. The molecule has 1 aliphatic rings. The van der Waals surface area contributed by atoms with Gasteiger partial charge in [-0.3, -0.25) is 58.0 Å². The van der Waals surface area contributed by atoms with E-state index < -0.39 is 284 Å². The molecule has 0 spiro atoms. The van der Waals surface area contributed by atoms with Crippen molar-refractivity contribution in [1.82, 2.24) is 40.9 Å². The first-order chi connectivity index (χ1) is 56.5. The lowest BCUT2D eigenvalue weighted by Crippen LogP contribution is -2.56. The maximum atomic E-state index is 14.3. The lowest BCUT2D eigenvalue weighted by atomic mass is 10.0. The Kier molecular flexibility index (Phi) is 54.0. The second kappa shape index (κ2) is 57.5. The number of carbonyl (C=O) groups excluding carboxylic acids is 5. The standard InChI is InChI=1S/C77H146N8O35/c1-54(102)59(10-14-63(103)78-26-55(30-113-70(2,38-86)39-87)31-114-71(3,40-88)41-89)82-18-20-83(60(67(107)108)11-15-64(104)79-27-56(32-115-72(4,42-90)43-91)33-116-73(5,44-92)45-93)22-24-85(62(69(111)112)13-17-66(106)81-29-58(36-119-76(8,50-98)51-99)37-120-77(9,52-100)53-101)25-23-84(21-19-82)61(68(109)110)12-16-65(105)80-28-57(34-117-74(6,46-94)47-95)35-118-75(7,48-96)49-97/h55-62,86-101H,10-53H2,1-9H3,(H,78,103)(H,79,104)(H,80,105)(H,81,106)(H,107,108)(H,109,110)(H,111,112). The van der Waals surface area contributed by atoms with Crippen LogP contribution in [-0.4, -0.2) is 470 Å². The van der Waals surface area contributed by atoms with Gasteiger partial charge in [0.1, 0.15) is 68.7 Å². The van der Waals surface area contributed by atoms with Crippen molar-refractivity contribution in [3.63, 3.8) is 0 Å². The van der Waals surface area contributed by atoms with Crippen LogP contribution in [0.5, 0.6) is 0 Å². The minimum Gasteiger partial charge on any atom is -0.480 e. The minimum atomic E-state index is -1.62. The van der Waals surface area contributed by atoms with Gasteiger partial charge in [-0.25, -0.2) is 0 Å². The van der Waals surface area contributed by atoms with Gasteiger partial charge >= 0.3 is 17.9 Å². The van der Waals surface area contributed by atoms with Gasteiger partial charge in [-0.05, 0) is 88.0 Å². The Balaban J connectivity index is 4.33. The largest absolute Gasteiger partial charge is 0.480 e. The van der Waals surface area contributed by atoms with Gasteiger partial charge in [0.05, 0.1) is 165 Å². The minimum absolute atomic E-state index is 0.183. The Morgan fingerprint density at radius 2 is 0.392 bits per heavy atom. The summed E-state index contributed by atoms with van der Waals surface area (Å²) in [4.78, 5) is 118. The van der Waals surface area contributed by atoms with E-state index >= 15 is 0 Å². The van der Waals surface area contributed by atoms with Gasteiger partial charge in [-0.15, -0.1) is 0 Å². The third-order valence-corrected chi connectivity index (χ3v) is 21.4. The van der Waals surface area contributed by atoms with Crippen molar-refractivity contribution in [1.29, 1.82) is 0 Å². The van der Waals surface area contributed by atoms with Crippen LogP contribution in [0.2, 0.25) is 0 Å². The first-order valence-corrected chi connectivity index (χ1v) is 40.5. The van der Waals surface area contributed by atoms with E-state index in [1.165, 1.54) is 77.0 Å². The van der Waals surface area contributed by atoms with Gasteiger partial charge in [0.15, 0.2) is 0 Å². The van der Waals surface area contributed by atoms with Crippen molar-refractivity contribution in [3.05, 3.63) is 0 Å². The lowest BCUT2D eigenvalue weighted by Gasteiger charge is -2.40. The number of carbonyl (C=O) groups is 8. The van der Waals surface area contributed by atoms with Gasteiger partial charge in [0.2, 0.25) is 23.6 Å². The Labute approximate surface area is 702 Å². The molecule has 4 atom stereocenters. The van der Waals surface area contributed by atoms with Gasteiger partial charge < -0.3 is 156 Å². The molecule has 4 amide bonds. The predicted molar refractivity (Wildman–Crippen MR) is 426 cm³/mol. The zero-order valence-electron chi connectivity index (χ0n) is 71.5. The maximum absolute atomic E-state index is 14.3. The molecule has 1 rings (SSSR count). The molecular formula is C77H146N8O35. The quantitative estimate of drug-likeness (QED) is 0.0269. The molecule has 1 fully saturated rings. The zero-order valence-corrected chi connectivity index (χ0v) is 71.5. The third-order valence-electron chi connectivity index (χ3n) is 21.4. The van der Waals surface area contributed by atoms with E-state index in [0.29, 0.717) is 0 Å². The van der Waals surface area contributed by atoms with Crippen LogP contribution in [-0.2, 0) is 76.3 Å². The zero-order chi connectivity index (χ0) is 91.1. The van der Waals surface area contributed by atoms with E-state index in [1.54, 1.807) is 4.90 Å². The molecule has 4 unspecified atom stereocenters. The van der Waals surface area contributed by atoms with E-state index in [-0.39, 0.29) is 144 Å². The molecule has 0 bridgehead atoms. The molecule has 1 heterocycles. The molecule has 43 nitrogen and oxygen atoms in total. The van der Waals surface area contributed by atoms with Gasteiger partial charge in [0, 0.05) is 128 Å². The highest BCUT2D eigenvalue weighted by Gasteiger charge is 2.39. The summed E-state index contributed by atoms with van der Waals surface area (Å²) in [5.41, 5.74) is -11.6. The Bertz CT molecular complexity index is 2420. The molecule has 0 radical (unpaired) electrons. The van der Waals surface area contributed by atoms with Crippen molar-refractivity contribution in [2.75, 3.05) is 237 Å². The summed E-state index contributed by atoms with van der Waals surface area (Å²) in [6, 6.07) is -6.02.